The summed E-state index contributed by atoms with van der Waals surface area (Å²) < 4.78 is 20.2. The van der Waals surface area contributed by atoms with Crippen molar-refractivity contribution < 1.29 is 18.7 Å². The molecule has 32 heavy (non-hydrogen) atoms. The Morgan fingerprint density at radius 2 is 1.78 bits per heavy atom. The van der Waals surface area contributed by atoms with Gasteiger partial charge in [0.1, 0.15) is 11.6 Å². The summed E-state index contributed by atoms with van der Waals surface area (Å²) in [5, 5.41) is 14.4. The quantitative estimate of drug-likeness (QED) is 0.452. The van der Waals surface area contributed by atoms with E-state index in [0.717, 1.165) is 5.75 Å². The number of hydrogen-bond donors (Lipinski definition) is 2. The fourth-order valence-electron chi connectivity index (χ4n) is 2.87. The summed E-state index contributed by atoms with van der Waals surface area (Å²) >= 11 is 1.26. The molecule has 3 rings (SSSR count). The molecular formula is C22H24FN5O3S. The van der Waals surface area contributed by atoms with Crippen LogP contribution in [0.4, 0.5) is 10.1 Å². The van der Waals surface area contributed by atoms with Crippen LogP contribution in [0.25, 0.3) is 0 Å². The summed E-state index contributed by atoms with van der Waals surface area (Å²) in [6.07, 6.45) is 0. The van der Waals surface area contributed by atoms with Crippen LogP contribution in [0, 0.1) is 5.82 Å². The molecule has 0 atom stereocenters. The second kappa shape index (κ2) is 11.3. The van der Waals surface area contributed by atoms with Crippen molar-refractivity contribution in [3.05, 3.63) is 65.7 Å². The van der Waals surface area contributed by atoms with Crippen LogP contribution in [-0.2, 0) is 17.9 Å². The molecule has 0 radical (unpaired) electrons. The van der Waals surface area contributed by atoms with E-state index < -0.39 is 5.82 Å². The molecule has 0 aliphatic carbocycles. The van der Waals surface area contributed by atoms with Gasteiger partial charge in [0.05, 0.1) is 18.9 Å². The topological polar surface area (TPSA) is 98.1 Å². The summed E-state index contributed by atoms with van der Waals surface area (Å²) in [4.78, 5) is 24.5. The van der Waals surface area contributed by atoms with Crippen LogP contribution < -0.4 is 15.4 Å². The molecule has 2 amide bonds. The molecule has 0 spiro atoms. The predicted octanol–water partition coefficient (Wildman–Crippen LogP) is 3.50. The molecular weight excluding hydrogens is 433 g/mol. The minimum absolute atomic E-state index is 0.160. The first kappa shape index (κ1) is 23.3. The van der Waals surface area contributed by atoms with Gasteiger partial charge in [-0.1, -0.05) is 11.8 Å². The van der Waals surface area contributed by atoms with Crippen molar-refractivity contribution in [1.29, 1.82) is 0 Å². The Morgan fingerprint density at radius 3 is 2.44 bits per heavy atom. The first-order valence-corrected chi connectivity index (χ1v) is 11.1. The first-order chi connectivity index (χ1) is 15.5. The number of hydrogen-bond acceptors (Lipinski definition) is 6. The minimum Gasteiger partial charge on any atom is -0.494 e. The van der Waals surface area contributed by atoms with Gasteiger partial charge in [-0.25, -0.2) is 4.39 Å². The summed E-state index contributed by atoms with van der Waals surface area (Å²) in [7, 11) is 0. The van der Waals surface area contributed by atoms with Crippen molar-refractivity contribution in [2.75, 3.05) is 17.7 Å². The van der Waals surface area contributed by atoms with Crippen molar-refractivity contribution in [2.24, 2.45) is 0 Å². The number of carbonyl (C=O) groups excluding carboxylic acids is 2. The Morgan fingerprint density at radius 1 is 1.06 bits per heavy atom. The molecule has 10 heteroatoms. The smallest absolute Gasteiger partial charge is 0.251 e. The molecule has 0 bridgehead atoms. The zero-order chi connectivity index (χ0) is 22.9. The number of nitrogens with one attached hydrogen (secondary N) is 2. The van der Waals surface area contributed by atoms with E-state index in [1.165, 1.54) is 36.0 Å². The second-order valence-electron chi connectivity index (χ2n) is 6.63. The number of thioether (sulfide) groups is 1. The lowest BCUT2D eigenvalue weighted by molar-refractivity contribution is -0.113. The van der Waals surface area contributed by atoms with E-state index in [4.69, 9.17) is 4.74 Å². The molecule has 2 aromatic carbocycles. The Labute approximate surface area is 189 Å². The van der Waals surface area contributed by atoms with Crippen LogP contribution >= 0.6 is 11.8 Å². The average molecular weight is 458 g/mol. The van der Waals surface area contributed by atoms with Gasteiger partial charge in [-0.3, -0.25) is 9.59 Å². The number of nitrogens with zero attached hydrogens (tertiary/aromatic N) is 3. The lowest BCUT2D eigenvalue weighted by Crippen LogP contribution is -2.24. The van der Waals surface area contributed by atoms with Gasteiger partial charge in [0.15, 0.2) is 11.0 Å². The highest BCUT2D eigenvalue weighted by atomic mass is 32.2. The van der Waals surface area contributed by atoms with Crippen molar-refractivity contribution in [3.63, 3.8) is 0 Å². The van der Waals surface area contributed by atoms with Gasteiger partial charge in [-0.05, 0) is 62.4 Å². The minimum atomic E-state index is -0.402. The highest BCUT2D eigenvalue weighted by Crippen LogP contribution is 2.19. The largest absolute Gasteiger partial charge is 0.494 e. The maximum absolute atomic E-state index is 13.0. The maximum Gasteiger partial charge on any atom is 0.251 e. The number of halogens is 1. The number of amides is 2. The zero-order valence-corrected chi connectivity index (χ0v) is 18.6. The maximum atomic E-state index is 13.0. The van der Waals surface area contributed by atoms with E-state index in [0.29, 0.717) is 35.4 Å². The van der Waals surface area contributed by atoms with Crippen molar-refractivity contribution >= 4 is 29.3 Å². The van der Waals surface area contributed by atoms with E-state index in [1.54, 1.807) is 24.3 Å². The van der Waals surface area contributed by atoms with Crippen molar-refractivity contribution in [1.82, 2.24) is 20.1 Å². The molecule has 1 heterocycles. The van der Waals surface area contributed by atoms with Crippen LogP contribution in [0.1, 0.15) is 30.0 Å². The summed E-state index contributed by atoms with van der Waals surface area (Å²) in [6.45, 7) is 5.16. The van der Waals surface area contributed by atoms with Gasteiger partial charge in [-0.15, -0.1) is 10.2 Å². The van der Waals surface area contributed by atoms with Gasteiger partial charge < -0.3 is 19.9 Å². The molecule has 3 aromatic rings. The molecule has 0 fully saturated rings. The van der Waals surface area contributed by atoms with Gasteiger partial charge in [-0.2, -0.15) is 0 Å². The number of rotatable bonds is 10. The molecule has 168 valence electrons. The third kappa shape index (κ3) is 6.30. The highest BCUT2D eigenvalue weighted by molar-refractivity contribution is 7.99. The normalized spacial score (nSPS) is 10.6. The van der Waals surface area contributed by atoms with Crippen LogP contribution in [-0.4, -0.2) is 38.9 Å². The van der Waals surface area contributed by atoms with Gasteiger partial charge in [0.25, 0.3) is 5.91 Å². The third-order valence-electron chi connectivity index (χ3n) is 4.40. The van der Waals surface area contributed by atoms with Crippen molar-refractivity contribution in [2.45, 2.75) is 32.1 Å². The highest BCUT2D eigenvalue weighted by Gasteiger charge is 2.15. The molecule has 1 aromatic heterocycles. The Bertz CT molecular complexity index is 1050. The zero-order valence-electron chi connectivity index (χ0n) is 17.8. The Kier molecular flexibility index (Phi) is 8.20. The summed E-state index contributed by atoms with van der Waals surface area (Å²) in [5.74, 6) is 0.566. The van der Waals surface area contributed by atoms with Gasteiger partial charge in [0.2, 0.25) is 5.91 Å². The third-order valence-corrected chi connectivity index (χ3v) is 5.37. The molecule has 8 nitrogen and oxygen atoms in total. The number of anilines is 1. The van der Waals surface area contributed by atoms with E-state index in [2.05, 4.69) is 20.8 Å². The molecule has 0 aliphatic heterocycles. The molecule has 0 aliphatic rings. The SMILES string of the molecule is CCOc1ccc(NC(=O)CSc2nnc(CNC(=O)c3ccc(F)cc3)n2CC)cc1. The van der Waals surface area contributed by atoms with E-state index in [9.17, 15) is 14.0 Å². The van der Waals surface area contributed by atoms with E-state index >= 15 is 0 Å². The predicted molar refractivity (Wildman–Crippen MR) is 120 cm³/mol. The van der Waals surface area contributed by atoms with Crippen LogP contribution in [0.3, 0.4) is 0 Å². The Balaban J connectivity index is 1.53. The van der Waals surface area contributed by atoms with E-state index in [1.807, 2.05) is 18.4 Å². The molecule has 0 unspecified atom stereocenters. The number of aromatic nitrogens is 3. The Hall–Kier alpha value is -3.40. The van der Waals surface area contributed by atoms with Gasteiger partial charge >= 0.3 is 0 Å². The number of carbonyl (C=O) groups is 2. The van der Waals surface area contributed by atoms with Crippen molar-refractivity contribution in [3.8, 4) is 5.75 Å². The number of benzene rings is 2. The molecule has 2 N–H and O–H groups in total. The fourth-order valence-corrected chi connectivity index (χ4v) is 3.69. The first-order valence-electron chi connectivity index (χ1n) is 10.1. The lowest BCUT2D eigenvalue weighted by Gasteiger charge is -2.09. The van der Waals surface area contributed by atoms with Gasteiger partial charge in [0, 0.05) is 17.8 Å². The van der Waals surface area contributed by atoms with E-state index in [-0.39, 0.29) is 24.1 Å². The van der Waals surface area contributed by atoms with Crippen LogP contribution in [0.15, 0.2) is 53.7 Å². The summed E-state index contributed by atoms with van der Waals surface area (Å²) in [6, 6.07) is 12.5. The molecule has 0 saturated carbocycles. The lowest BCUT2D eigenvalue weighted by atomic mass is 10.2. The standard InChI is InChI=1S/C22H24FN5O3S/c1-3-28-19(13-24-21(30)15-5-7-16(23)8-6-15)26-27-22(28)32-14-20(29)25-17-9-11-18(12-10-17)31-4-2/h5-12H,3-4,13-14H2,1-2H3,(H,24,30)(H,25,29). The average Bonchev–Trinajstić information content (AvgIpc) is 3.20. The number of ether oxygens (including phenoxy) is 1. The van der Waals surface area contributed by atoms with Crippen LogP contribution in [0.2, 0.25) is 0 Å². The molecule has 0 saturated heterocycles. The van der Waals surface area contributed by atoms with Crippen LogP contribution in [0.5, 0.6) is 5.75 Å². The monoisotopic (exact) mass is 457 g/mol. The summed E-state index contributed by atoms with van der Waals surface area (Å²) in [5.41, 5.74) is 1.04. The second-order valence-corrected chi connectivity index (χ2v) is 7.57. The fraction of sp³-hybridized carbons (Fsp3) is 0.273.